The van der Waals surface area contributed by atoms with E-state index in [2.05, 4.69) is 40.7 Å². The third-order valence-corrected chi connectivity index (χ3v) is 13.0. The minimum absolute atomic E-state index is 0.0514. The quantitative estimate of drug-likeness (QED) is 0.121. The number of anilines is 2. The van der Waals surface area contributed by atoms with Gasteiger partial charge in [0.25, 0.3) is 11.5 Å². The summed E-state index contributed by atoms with van der Waals surface area (Å²) in [6.45, 7) is 5.12. The summed E-state index contributed by atoms with van der Waals surface area (Å²) in [5.41, 5.74) is 0.139. The maximum Gasteiger partial charge on any atom is 0.475 e. The Morgan fingerprint density at radius 3 is 2.55 bits per heavy atom. The van der Waals surface area contributed by atoms with Gasteiger partial charge in [-0.25, -0.2) is 24.1 Å². The number of hydrogen-bond donors (Lipinski definition) is 4. The molecule has 24 nitrogen and oxygen atoms in total. The second-order valence-corrected chi connectivity index (χ2v) is 18.0. The standard InChI is InChI=1S/C36H41N11O13P2/c1-18(2)31(48)43-35-42-30-25(33(50)44-35)40-17-46(30)34-28-19(3)23(58-34)14-55-61(51,52)59-27-20(4)26(57-24(27)15-56-62(53,60-28)54-12-8-11-37)22-13-41-47-29(22)38-16-39-36(47)45-32(49)21-9-6-5-7-10-21/h5-7,9-10,13,16-20,23-24,26-28,34H,8,12,14-15H2,1-4H3,(H,51,52)(H,38,39,45,49)(H2,42,43,44,48,50)/t19-,20+,23-,24-,26-,27+,28-,34-,62?/m1/s1. The highest BCUT2D eigenvalue weighted by atomic mass is 31.2. The predicted molar refractivity (Wildman–Crippen MR) is 212 cm³/mol. The van der Waals surface area contributed by atoms with Crippen LogP contribution in [0.3, 0.4) is 0 Å². The molecule has 62 heavy (non-hydrogen) atoms. The molecule has 8 rings (SSSR count). The lowest BCUT2D eigenvalue weighted by molar-refractivity contribution is -0.118. The summed E-state index contributed by atoms with van der Waals surface area (Å²) in [5, 5.41) is 18.9. The van der Waals surface area contributed by atoms with E-state index in [-0.39, 0.29) is 41.7 Å². The molecule has 328 valence electrons. The van der Waals surface area contributed by atoms with Crippen molar-refractivity contribution in [1.29, 1.82) is 5.26 Å². The summed E-state index contributed by atoms with van der Waals surface area (Å²) in [6, 6.07) is 10.4. The Balaban J connectivity index is 1.10. The molecule has 0 spiro atoms. The molecule has 3 fully saturated rings. The summed E-state index contributed by atoms with van der Waals surface area (Å²) in [4.78, 5) is 69.2. The molecule has 26 heteroatoms. The van der Waals surface area contributed by atoms with Crippen LogP contribution >= 0.6 is 15.6 Å². The smallest absolute Gasteiger partial charge is 0.365 e. The van der Waals surface area contributed by atoms with Gasteiger partial charge in [0.05, 0.1) is 57.0 Å². The number of rotatable bonds is 9. The van der Waals surface area contributed by atoms with E-state index in [1.165, 1.54) is 27.9 Å². The van der Waals surface area contributed by atoms with Crippen molar-refractivity contribution in [2.24, 2.45) is 17.8 Å². The molecule has 3 aliphatic rings. The number of H-pyrrole nitrogens is 1. The van der Waals surface area contributed by atoms with Gasteiger partial charge < -0.3 is 14.4 Å². The Kier molecular flexibility index (Phi) is 12.2. The number of aromatic amines is 1. The molecule has 2 amide bonds. The normalized spacial score (nSPS) is 30.3. The highest BCUT2D eigenvalue weighted by Crippen LogP contribution is 2.58. The second kappa shape index (κ2) is 17.5. The number of nitriles is 1. The SMILES string of the molecule is CC(C)C(=O)Nc1nc2c(ncn2[C@@H]2O[C@@H]3COP(=O)(O)O[C@H]4[C@@H](C)[C@H](c5cnn6c(NC(=O)c7ccccc7)ncnc56)O[C@@H]4COP(=O)(OCCC#N)O[C@@H]2[C@@H]3C)c(=O)[nH]1. The van der Waals surface area contributed by atoms with Gasteiger partial charge in [-0.1, -0.05) is 45.9 Å². The monoisotopic (exact) mass is 897 g/mol. The number of carbonyl (C=O) groups is 2. The van der Waals surface area contributed by atoms with Gasteiger partial charge in [-0.05, 0) is 12.1 Å². The van der Waals surface area contributed by atoms with E-state index in [1.807, 2.05) is 6.07 Å². The van der Waals surface area contributed by atoms with Gasteiger partial charge in [0.2, 0.25) is 17.8 Å². The Hall–Kier alpha value is -5.31. The summed E-state index contributed by atoms with van der Waals surface area (Å²) in [6.07, 6.45) is -3.29. The lowest BCUT2D eigenvalue weighted by Gasteiger charge is -2.28. The lowest BCUT2D eigenvalue weighted by atomic mass is 9.95. The Labute approximate surface area is 351 Å². The molecule has 3 saturated heterocycles. The average Bonchev–Trinajstić information content (AvgIpc) is 4.01. The number of ether oxygens (including phenoxy) is 2. The molecule has 3 aliphatic heterocycles. The van der Waals surface area contributed by atoms with E-state index < -0.39 is 101 Å². The molecule has 5 aromatic rings. The number of aromatic nitrogens is 8. The van der Waals surface area contributed by atoms with Crippen molar-refractivity contribution in [3.8, 4) is 6.07 Å². The molecule has 1 aromatic carbocycles. The Bertz CT molecular complexity index is 2690. The molecular formula is C36H41N11O13P2. The van der Waals surface area contributed by atoms with Crippen LogP contribution in [0, 0.1) is 29.1 Å². The molecule has 4 aromatic heterocycles. The summed E-state index contributed by atoms with van der Waals surface area (Å²) < 4.78 is 72.8. The van der Waals surface area contributed by atoms with E-state index in [0.717, 1.165) is 0 Å². The maximum atomic E-state index is 14.7. The van der Waals surface area contributed by atoms with Gasteiger partial charge >= 0.3 is 15.6 Å². The molecule has 0 saturated carbocycles. The first-order chi connectivity index (χ1) is 29.6. The zero-order valence-corrected chi connectivity index (χ0v) is 35.3. The fourth-order valence-corrected chi connectivity index (χ4v) is 9.72. The van der Waals surface area contributed by atoms with Crippen LogP contribution in [-0.4, -0.2) is 100 Å². The number of fused-ring (bicyclic) bond motifs is 5. The topological polar surface area (TPSA) is 308 Å². The second-order valence-electron chi connectivity index (χ2n) is 15.0. The van der Waals surface area contributed by atoms with Gasteiger partial charge in [-0.3, -0.25) is 57.2 Å². The summed E-state index contributed by atoms with van der Waals surface area (Å²) in [7, 11) is -9.64. The molecule has 2 bridgehead atoms. The van der Waals surface area contributed by atoms with Crippen LogP contribution in [0.15, 0.2) is 54.0 Å². The number of imidazole rings is 1. The lowest BCUT2D eigenvalue weighted by Crippen LogP contribution is -2.32. The zero-order chi connectivity index (χ0) is 43.9. The molecule has 7 heterocycles. The first-order valence-corrected chi connectivity index (χ1v) is 22.3. The van der Waals surface area contributed by atoms with E-state index in [9.17, 15) is 33.7 Å². The van der Waals surface area contributed by atoms with E-state index in [1.54, 1.807) is 58.0 Å². The summed E-state index contributed by atoms with van der Waals surface area (Å²) >= 11 is 0. The van der Waals surface area contributed by atoms with Gasteiger partial charge in [0.1, 0.15) is 24.6 Å². The highest BCUT2D eigenvalue weighted by Gasteiger charge is 2.53. The number of hydrogen-bond acceptors (Lipinski definition) is 18. The van der Waals surface area contributed by atoms with Crippen molar-refractivity contribution >= 4 is 56.2 Å². The van der Waals surface area contributed by atoms with Crippen LogP contribution in [0.5, 0.6) is 0 Å². The van der Waals surface area contributed by atoms with Gasteiger partial charge in [-0.2, -0.15) is 19.9 Å². The fourth-order valence-electron chi connectivity index (χ4n) is 7.25. The third kappa shape index (κ3) is 8.69. The van der Waals surface area contributed by atoms with E-state index in [4.69, 9.17) is 32.1 Å². The Morgan fingerprint density at radius 1 is 1.02 bits per heavy atom. The number of phosphoric acid groups is 2. The number of carbonyl (C=O) groups excluding carboxylic acids is 2. The van der Waals surface area contributed by atoms with E-state index >= 15 is 0 Å². The predicted octanol–water partition coefficient (Wildman–Crippen LogP) is 3.67. The third-order valence-electron chi connectivity index (χ3n) is 10.5. The van der Waals surface area contributed by atoms with Crippen LogP contribution in [0.2, 0.25) is 0 Å². The van der Waals surface area contributed by atoms with Crippen molar-refractivity contribution in [3.05, 3.63) is 70.7 Å². The number of nitrogens with one attached hydrogen (secondary N) is 3. The highest BCUT2D eigenvalue weighted by molar-refractivity contribution is 7.48. The van der Waals surface area contributed by atoms with Crippen LogP contribution < -0.4 is 16.2 Å². The maximum absolute atomic E-state index is 14.7. The minimum Gasteiger partial charge on any atom is -0.365 e. The van der Waals surface area contributed by atoms with Crippen molar-refractivity contribution in [2.45, 2.75) is 70.9 Å². The number of amides is 2. The average molecular weight is 898 g/mol. The zero-order valence-electron chi connectivity index (χ0n) is 33.5. The van der Waals surface area contributed by atoms with Crippen LogP contribution in [0.1, 0.15) is 62.4 Å². The molecule has 10 atom stereocenters. The number of benzene rings is 1. The van der Waals surface area contributed by atoms with Gasteiger partial charge in [0, 0.05) is 28.9 Å². The van der Waals surface area contributed by atoms with Gasteiger partial charge in [-0.15, -0.1) is 0 Å². The van der Waals surface area contributed by atoms with Crippen molar-refractivity contribution in [1.82, 2.24) is 39.1 Å². The molecular weight excluding hydrogens is 856 g/mol. The van der Waals surface area contributed by atoms with Crippen molar-refractivity contribution in [2.75, 3.05) is 30.5 Å². The molecule has 2 unspecified atom stereocenters. The number of nitrogens with zero attached hydrogens (tertiary/aromatic N) is 8. The fraction of sp³-hybridized carbons (Fsp3) is 0.472. The van der Waals surface area contributed by atoms with Crippen molar-refractivity contribution in [3.63, 3.8) is 0 Å². The number of phosphoric ester groups is 2. The van der Waals surface area contributed by atoms with Crippen LogP contribution in [-0.2, 0) is 46.0 Å². The van der Waals surface area contributed by atoms with Crippen LogP contribution in [0.25, 0.3) is 16.8 Å². The molecule has 0 aliphatic carbocycles. The summed E-state index contributed by atoms with van der Waals surface area (Å²) in [5.74, 6) is -2.95. The molecule has 0 radical (unpaired) electrons. The Morgan fingerprint density at radius 2 is 1.79 bits per heavy atom. The first-order valence-electron chi connectivity index (χ1n) is 19.4. The largest absolute Gasteiger partial charge is 0.475 e. The van der Waals surface area contributed by atoms with Gasteiger partial charge in [0.15, 0.2) is 23.0 Å². The molecule has 4 N–H and O–H groups in total. The first kappa shape index (κ1) is 43.3. The van der Waals surface area contributed by atoms with E-state index in [0.29, 0.717) is 11.1 Å². The van der Waals surface area contributed by atoms with Crippen LogP contribution in [0.4, 0.5) is 11.9 Å². The minimum atomic E-state index is -4.93. The van der Waals surface area contributed by atoms with Crippen molar-refractivity contribution < 1.29 is 55.7 Å².